The van der Waals surface area contributed by atoms with Crippen molar-refractivity contribution in [3.05, 3.63) is 64.7 Å². The van der Waals surface area contributed by atoms with E-state index in [1.165, 1.54) is 38.1 Å². The first-order chi connectivity index (χ1) is 24.1. The number of aryl methyl sites for hydroxylation is 1. The Morgan fingerprint density at radius 1 is 1.10 bits per heavy atom. The van der Waals surface area contributed by atoms with Gasteiger partial charge in [-0.1, -0.05) is 43.7 Å². The summed E-state index contributed by atoms with van der Waals surface area (Å²) in [5.41, 5.74) is -4.91. The van der Waals surface area contributed by atoms with E-state index in [0.717, 1.165) is 23.6 Å². The zero-order valence-corrected chi connectivity index (χ0v) is 31.9. The van der Waals surface area contributed by atoms with Crippen molar-refractivity contribution in [3.8, 4) is 5.75 Å². The predicted molar refractivity (Wildman–Crippen MR) is 192 cm³/mol. The molecule has 0 unspecified atom stereocenters. The number of alkyl halides is 2. The summed E-state index contributed by atoms with van der Waals surface area (Å²) in [6.07, 6.45) is 5.17. The van der Waals surface area contributed by atoms with Crippen molar-refractivity contribution >= 4 is 40.8 Å². The van der Waals surface area contributed by atoms with E-state index in [0.29, 0.717) is 42.3 Å². The molecule has 282 valence electrons. The lowest BCUT2D eigenvalue weighted by atomic mass is 9.64. The maximum atomic E-state index is 16.7. The molecule has 2 aromatic carbocycles. The summed E-state index contributed by atoms with van der Waals surface area (Å²) < 4.78 is 93.2. The number of hydrogen-bond acceptors (Lipinski definition) is 9. The smallest absolute Gasteiger partial charge is 0.403 e. The number of amides is 1. The van der Waals surface area contributed by atoms with Gasteiger partial charge in [0.25, 0.3) is 10.0 Å². The third-order valence-corrected chi connectivity index (χ3v) is 14.3. The highest BCUT2D eigenvalue weighted by Gasteiger charge is 2.70. The van der Waals surface area contributed by atoms with Gasteiger partial charge in [0, 0.05) is 29.9 Å². The zero-order chi connectivity index (χ0) is 37.2. The number of aliphatic hydroxyl groups is 1. The largest absolute Gasteiger partial charge is 0.487 e. The molecule has 10 nitrogen and oxygen atoms in total. The molecule has 5 rings (SSSR count). The summed E-state index contributed by atoms with van der Waals surface area (Å²) in [6, 6.07) is 9.93. The summed E-state index contributed by atoms with van der Waals surface area (Å²) in [5, 5.41) is 12.8. The number of sulfonamides is 1. The number of nitrogens with zero attached hydrogens (tertiary/aromatic N) is 1. The Morgan fingerprint density at radius 2 is 1.82 bits per heavy atom. The normalized spacial score (nSPS) is 28.2. The quantitative estimate of drug-likeness (QED) is 0.224. The first-order valence-electron chi connectivity index (χ1n) is 17.6. The number of hydrogen-bond donors (Lipinski definition) is 2. The minimum absolute atomic E-state index is 0.0495. The number of rotatable bonds is 6. The van der Waals surface area contributed by atoms with Crippen molar-refractivity contribution in [2.45, 2.75) is 89.0 Å². The third-order valence-electron chi connectivity index (χ3n) is 10.5. The predicted octanol–water partition coefficient (Wildman–Crippen LogP) is 7.71. The number of halogens is 3. The summed E-state index contributed by atoms with van der Waals surface area (Å²) >= 11 is 6.31. The Balaban J connectivity index is 1.63. The number of anilines is 1. The van der Waals surface area contributed by atoms with E-state index in [2.05, 4.69) is 4.72 Å². The van der Waals surface area contributed by atoms with Gasteiger partial charge in [0.2, 0.25) is 5.91 Å². The van der Waals surface area contributed by atoms with Crippen LogP contribution in [0.15, 0.2) is 53.4 Å². The molecule has 1 amide bonds. The molecule has 1 aliphatic carbocycles. The molecule has 3 aliphatic rings. The second-order valence-corrected chi connectivity index (χ2v) is 17.9. The van der Waals surface area contributed by atoms with Crippen LogP contribution < -0.4 is 14.4 Å². The van der Waals surface area contributed by atoms with E-state index >= 15 is 8.78 Å². The minimum atomic E-state index is -5.18. The first kappa shape index (κ1) is 39.7. The third kappa shape index (κ3) is 8.04. The van der Waals surface area contributed by atoms with Gasteiger partial charge in [-0.25, -0.2) is 13.1 Å². The molecule has 0 aromatic heterocycles. The number of carbonyl (C=O) groups is 1. The summed E-state index contributed by atoms with van der Waals surface area (Å²) in [5.74, 6) is -3.36. The fourth-order valence-electron chi connectivity index (χ4n) is 7.15. The SMILES string of the molecule is CCOP(=O)(OCC)C(F)(F)[C@]1(O)/C=C/C[C@H](C)[C@@H](C)C(=O)NS(=O)(=O)c2ccc3c(c2)N(CCCCc2cc(Cl)ccc2CO3)C[C@@H]2CC[C@H]21. The molecule has 2 aliphatic heterocycles. The number of benzene rings is 2. The fourth-order valence-corrected chi connectivity index (χ4v) is 10.2. The second kappa shape index (κ2) is 15.8. The summed E-state index contributed by atoms with van der Waals surface area (Å²) in [6.45, 7) is 6.16. The molecule has 1 saturated carbocycles. The van der Waals surface area contributed by atoms with Gasteiger partial charge in [-0.2, -0.15) is 8.78 Å². The average Bonchev–Trinajstić information content (AvgIpc) is 3.08. The van der Waals surface area contributed by atoms with Crippen LogP contribution in [0.5, 0.6) is 5.75 Å². The van der Waals surface area contributed by atoms with Crippen molar-refractivity contribution < 1.29 is 45.4 Å². The molecule has 0 spiro atoms. The van der Waals surface area contributed by atoms with Gasteiger partial charge in [0.05, 0.1) is 23.8 Å². The van der Waals surface area contributed by atoms with Crippen LogP contribution in [0.1, 0.15) is 70.9 Å². The van der Waals surface area contributed by atoms with E-state index in [-0.39, 0.29) is 44.1 Å². The Kier molecular flexibility index (Phi) is 12.3. The molecule has 2 N–H and O–H groups in total. The lowest BCUT2D eigenvalue weighted by Crippen LogP contribution is -2.59. The standard InChI is InChI=1S/C36H48ClF2N2O8PS/c1-5-48-50(44,49-6-2)36(38,39)35(43)18-9-10-24(3)25(4)34(42)40-51(45,46)30-15-17-33-32(21-30)41(22-27-13-16-31(27)35)19-8-7-11-26-20-29(37)14-12-28(26)23-47-33/h9,12,14-15,17-18,20-21,24-25,27,31,43H,5-8,10-11,13,16,19,22-23H2,1-4H3,(H,40,42)/b18-9+/t24-,25+,27-,31+,35-/m0/s1. The monoisotopic (exact) mass is 772 g/mol. The Hall–Kier alpha value is -2.54. The van der Waals surface area contributed by atoms with Gasteiger partial charge in [0.1, 0.15) is 12.4 Å². The molecule has 2 bridgehead atoms. The molecule has 5 atom stereocenters. The van der Waals surface area contributed by atoms with E-state index in [1.54, 1.807) is 19.9 Å². The van der Waals surface area contributed by atoms with Crippen LogP contribution in [0.2, 0.25) is 5.02 Å². The van der Waals surface area contributed by atoms with E-state index < -0.39 is 58.5 Å². The number of ether oxygens (including phenoxy) is 1. The van der Waals surface area contributed by atoms with Gasteiger partial charge >= 0.3 is 13.3 Å². The highest BCUT2D eigenvalue weighted by atomic mass is 35.5. The zero-order valence-electron chi connectivity index (χ0n) is 29.4. The van der Waals surface area contributed by atoms with Crippen molar-refractivity contribution in [2.75, 3.05) is 31.2 Å². The number of fused-ring (bicyclic) bond motifs is 3. The van der Waals surface area contributed by atoms with Gasteiger partial charge in [-0.15, -0.1) is 0 Å². The maximum Gasteiger partial charge on any atom is 0.403 e. The van der Waals surface area contributed by atoms with Crippen molar-refractivity contribution in [3.63, 3.8) is 0 Å². The van der Waals surface area contributed by atoms with Crippen LogP contribution >= 0.6 is 19.2 Å². The van der Waals surface area contributed by atoms with Crippen LogP contribution in [-0.2, 0) is 41.5 Å². The van der Waals surface area contributed by atoms with Crippen molar-refractivity contribution in [1.82, 2.24) is 4.72 Å². The molecule has 15 heteroatoms. The summed E-state index contributed by atoms with van der Waals surface area (Å²) in [7, 11) is -9.48. The molecule has 0 saturated heterocycles. The highest BCUT2D eigenvalue weighted by molar-refractivity contribution is 7.90. The van der Waals surface area contributed by atoms with Crippen LogP contribution in [0.25, 0.3) is 0 Å². The van der Waals surface area contributed by atoms with E-state index in [9.17, 15) is 22.9 Å². The van der Waals surface area contributed by atoms with E-state index in [1.807, 2.05) is 17.0 Å². The van der Waals surface area contributed by atoms with Crippen molar-refractivity contribution in [2.24, 2.45) is 23.7 Å². The van der Waals surface area contributed by atoms with Gasteiger partial charge in [-0.3, -0.25) is 9.36 Å². The molecule has 2 heterocycles. The highest BCUT2D eigenvalue weighted by Crippen LogP contribution is 2.69. The Bertz CT molecular complexity index is 1770. The summed E-state index contributed by atoms with van der Waals surface area (Å²) in [4.78, 5) is 15.0. The topological polar surface area (TPSA) is 131 Å². The van der Waals surface area contributed by atoms with Crippen LogP contribution in [0, 0.1) is 23.7 Å². The van der Waals surface area contributed by atoms with Gasteiger partial charge in [-0.05, 0) is 106 Å². The van der Waals surface area contributed by atoms with Crippen molar-refractivity contribution in [1.29, 1.82) is 0 Å². The molecule has 51 heavy (non-hydrogen) atoms. The average molecular weight is 773 g/mol. The lowest BCUT2D eigenvalue weighted by Gasteiger charge is -2.51. The first-order valence-corrected chi connectivity index (χ1v) is 21.0. The number of nitrogens with one attached hydrogen (secondary N) is 1. The van der Waals surface area contributed by atoms with Crippen LogP contribution in [0.3, 0.4) is 0 Å². The molecular weight excluding hydrogens is 725 g/mol. The maximum absolute atomic E-state index is 16.7. The van der Waals surface area contributed by atoms with Crippen LogP contribution in [-0.4, -0.2) is 57.0 Å². The second-order valence-electron chi connectivity index (χ2n) is 13.8. The number of carbonyl (C=O) groups excluding carboxylic acids is 1. The van der Waals surface area contributed by atoms with Gasteiger partial charge < -0.3 is 23.8 Å². The molecular formula is C36H48ClF2N2O8PS. The van der Waals surface area contributed by atoms with E-state index in [4.69, 9.17) is 25.4 Å². The van der Waals surface area contributed by atoms with Crippen LogP contribution in [0.4, 0.5) is 14.5 Å². The number of allylic oxidation sites excluding steroid dienone is 1. The lowest BCUT2D eigenvalue weighted by molar-refractivity contribution is -0.171. The van der Waals surface area contributed by atoms with Gasteiger partial charge in [0.15, 0.2) is 5.60 Å². The Labute approximate surface area is 304 Å². The molecule has 1 fully saturated rings. The minimum Gasteiger partial charge on any atom is -0.487 e. The molecule has 2 aromatic rings. The Morgan fingerprint density at radius 3 is 2.49 bits per heavy atom. The fraction of sp³-hybridized carbons (Fsp3) is 0.583. The molecule has 0 radical (unpaired) electrons.